The summed E-state index contributed by atoms with van der Waals surface area (Å²) < 4.78 is 3.40. The first-order valence-electron chi connectivity index (χ1n) is 5.44. The molecule has 0 aliphatic heterocycles. The Hall–Kier alpha value is -1.52. The van der Waals surface area contributed by atoms with Crippen molar-refractivity contribution in [3.63, 3.8) is 0 Å². The largest absolute Gasteiger partial charge is 0.308 e. The smallest absolute Gasteiger partial charge is 0.279 e. The minimum atomic E-state index is -0.00944. The van der Waals surface area contributed by atoms with Gasteiger partial charge in [-0.05, 0) is 31.4 Å². The maximum absolute atomic E-state index is 12.2. The number of hydrogen-bond donors (Lipinski definition) is 0. The number of rotatable bonds is 1. The van der Waals surface area contributed by atoms with Gasteiger partial charge in [-0.15, -0.1) is 0 Å². The minimum Gasteiger partial charge on any atom is -0.308 e. The summed E-state index contributed by atoms with van der Waals surface area (Å²) >= 11 is 0. The molecule has 0 atom stereocenters. The lowest BCUT2D eigenvalue weighted by molar-refractivity contribution is 0.685. The highest BCUT2D eigenvalue weighted by atomic mass is 16.1. The molecule has 1 aliphatic rings. The summed E-state index contributed by atoms with van der Waals surface area (Å²) in [6.45, 7) is 1.95. The van der Waals surface area contributed by atoms with Crippen molar-refractivity contribution in [2.75, 3.05) is 0 Å². The predicted molar refractivity (Wildman–Crippen MR) is 63.4 cm³/mol. The average Bonchev–Trinajstić information content (AvgIpc) is 3.00. The van der Waals surface area contributed by atoms with Gasteiger partial charge < -0.3 is 4.57 Å². The van der Waals surface area contributed by atoms with E-state index in [-0.39, 0.29) is 5.56 Å². The van der Waals surface area contributed by atoms with Gasteiger partial charge in [0.05, 0.1) is 0 Å². The molecule has 4 nitrogen and oxygen atoms in total. The number of aromatic nitrogens is 3. The molecule has 0 aromatic carbocycles. The van der Waals surface area contributed by atoms with E-state index in [1.54, 1.807) is 11.7 Å². The van der Waals surface area contributed by atoms with E-state index in [1.165, 1.54) is 0 Å². The maximum atomic E-state index is 12.2. The van der Waals surface area contributed by atoms with Crippen molar-refractivity contribution in [2.45, 2.75) is 25.8 Å². The van der Waals surface area contributed by atoms with Crippen molar-refractivity contribution in [2.24, 2.45) is 7.05 Å². The van der Waals surface area contributed by atoms with E-state index in [2.05, 4.69) is 5.10 Å². The molecule has 0 amide bonds. The Morgan fingerprint density at radius 2 is 2.19 bits per heavy atom. The number of pyridine rings is 1. The van der Waals surface area contributed by atoms with Gasteiger partial charge in [-0.1, -0.05) is 0 Å². The van der Waals surface area contributed by atoms with Crippen LogP contribution in [0.25, 0.3) is 10.9 Å². The van der Waals surface area contributed by atoms with E-state index in [9.17, 15) is 4.79 Å². The molecular formula is C11H12BN3O. The highest BCUT2D eigenvalue weighted by Gasteiger charge is 2.27. The van der Waals surface area contributed by atoms with Gasteiger partial charge in [0.1, 0.15) is 7.85 Å². The molecule has 3 rings (SSSR count). The van der Waals surface area contributed by atoms with Crippen LogP contribution in [-0.2, 0) is 7.05 Å². The minimum absolute atomic E-state index is 0.00944. The van der Waals surface area contributed by atoms with Crippen LogP contribution >= 0.6 is 0 Å². The van der Waals surface area contributed by atoms with Gasteiger partial charge in [0.15, 0.2) is 5.52 Å². The van der Waals surface area contributed by atoms with E-state index in [0.717, 1.165) is 23.9 Å². The van der Waals surface area contributed by atoms with Gasteiger partial charge in [0.25, 0.3) is 5.56 Å². The Bertz CT molecular complexity index is 637. The molecule has 80 valence electrons. The fourth-order valence-electron chi connectivity index (χ4n) is 2.19. The topological polar surface area (TPSA) is 39.8 Å². The standard InChI is InChI=1S/C11H12BN3O/c1-6-5-8-9(13-14(2)10(8)12)11(16)15(6)7-3-4-7/h5,7H,3-4H2,1-2H3. The lowest BCUT2D eigenvalue weighted by Gasteiger charge is -2.07. The summed E-state index contributed by atoms with van der Waals surface area (Å²) in [5, 5.41) is 4.95. The molecule has 0 bridgehead atoms. The maximum Gasteiger partial charge on any atom is 0.279 e. The van der Waals surface area contributed by atoms with Crippen LogP contribution in [0.3, 0.4) is 0 Å². The zero-order valence-electron chi connectivity index (χ0n) is 9.40. The van der Waals surface area contributed by atoms with Crippen LogP contribution in [0.4, 0.5) is 0 Å². The number of fused-ring (bicyclic) bond motifs is 1. The molecule has 16 heavy (non-hydrogen) atoms. The Morgan fingerprint density at radius 1 is 1.50 bits per heavy atom. The second kappa shape index (κ2) is 3.00. The zero-order valence-corrected chi connectivity index (χ0v) is 9.40. The quantitative estimate of drug-likeness (QED) is 0.633. The van der Waals surface area contributed by atoms with E-state index in [0.29, 0.717) is 17.2 Å². The van der Waals surface area contributed by atoms with Gasteiger partial charge >= 0.3 is 0 Å². The Balaban J connectivity index is 2.43. The van der Waals surface area contributed by atoms with Crippen molar-refractivity contribution in [3.8, 4) is 0 Å². The lowest BCUT2D eigenvalue weighted by Crippen LogP contribution is -2.22. The van der Waals surface area contributed by atoms with Crippen LogP contribution in [0.5, 0.6) is 0 Å². The summed E-state index contributed by atoms with van der Waals surface area (Å²) in [6, 6.07) is 2.33. The Kier molecular flexibility index (Phi) is 1.82. The highest BCUT2D eigenvalue weighted by Crippen LogP contribution is 2.34. The molecule has 1 aliphatic carbocycles. The monoisotopic (exact) mass is 213 g/mol. The summed E-state index contributed by atoms with van der Waals surface area (Å²) in [5.41, 5.74) is 2.00. The first-order chi connectivity index (χ1) is 7.59. The second-order valence-corrected chi connectivity index (χ2v) is 4.46. The highest BCUT2D eigenvalue weighted by molar-refractivity contribution is 6.37. The third kappa shape index (κ3) is 1.17. The van der Waals surface area contributed by atoms with Crippen molar-refractivity contribution < 1.29 is 0 Å². The van der Waals surface area contributed by atoms with Crippen LogP contribution in [0, 0.1) is 6.92 Å². The Labute approximate surface area is 94.3 Å². The molecule has 0 unspecified atom stereocenters. The van der Waals surface area contributed by atoms with Crippen LogP contribution < -0.4 is 11.2 Å². The van der Waals surface area contributed by atoms with Crippen molar-refractivity contribution >= 4 is 24.3 Å². The fourth-order valence-corrected chi connectivity index (χ4v) is 2.19. The van der Waals surface area contributed by atoms with Crippen LogP contribution in [-0.4, -0.2) is 22.2 Å². The Morgan fingerprint density at radius 3 is 2.81 bits per heavy atom. The molecule has 0 N–H and O–H groups in total. The van der Waals surface area contributed by atoms with E-state index in [1.807, 2.05) is 17.6 Å². The molecule has 5 heteroatoms. The second-order valence-electron chi connectivity index (χ2n) is 4.46. The van der Waals surface area contributed by atoms with Crippen LogP contribution in [0.15, 0.2) is 10.9 Å². The third-order valence-corrected chi connectivity index (χ3v) is 3.20. The van der Waals surface area contributed by atoms with E-state index >= 15 is 0 Å². The molecule has 2 aromatic rings. The number of aryl methyl sites for hydroxylation is 2. The predicted octanol–water partition coefficient (Wildman–Crippen LogP) is 0.172. The number of nitrogens with zero attached hydrogens (tertiary/aromatic N) is 3. The summed E-state index contributed by atoms with van der Waals surface area (Å²) in [6.07, 6.45) is 2.18. The molecule has 1 fully saturated rings. The van der Waals surface area contributed by atoms with Gasteiger partial charge in [0.2, 0.25) is 0 Å². The zero-order chi connectivity index (χ0) is 11.4. The van der Waals surface area contributed by atoms with E-state index < -0.39 is 0 Å². The van der Waals surface area contributed by atoms with Gasteiger partial charge in [-0.25, -0.2) is 0 Å². The van der Waals surface area contributed by atoms with Crippen LogP contribution in [0.2, 0.25) is 0 Å². The fraction of sp³-hybridized carbons (Fsp3) is 0.455. The summed E-state index contributed by atoms with van der Waals surface area (Å²) in [7, 11) is 7.63. The SMILES string of the molecule is [B]c1c2cc(C)n(C3CC3)c(=O)c2nn1C. The molecule has 1 saturated carbocycles. The van der Waals surface area contributed by atoms with Gasteiger partial charge in [0, 0.05) is 24.2 Å². The molecule has 2 aromatic heterocycles. The molecular weight excluding hydrogens is 201 g/mol. The molecule has 0 saturated heterocycles. The van der Waals surface area contributed by atoms with Crippen molar-refractivity contribution in [1.29, 1.82) is 0 Å². The molecule has 2 radical (unpaired) electrons. The summed E-state index contributed by atoms with van der Waals surface area (Å²) in [5.74, 6) is 0. The lowest BCUT2D eigenvalue weighted by atomic mass is 10.00. The first kappa shape index (κ1) is 9.69. The first-order valence-corrected chi connectivity index (χ1v) is 5.44. The van der Waals surface area contributed by atoms with Crippen molar-refractivity contribution in [1.82, 2.24) is 14.3 Å². The van der Waals surface area contributed by atoms with E-state index in [4.69, 9.17) is 7.85 Å². The molecule has 2 heterocycles. The normalized spacial score (nSPS) is 15.9. The molecule has 0 spiro atoms. The summed E-state index contributed by atoms with van der Waals surface area (Å²) in [4.78, 5) is 12.2. The third-order valence-electron chi connectivity index (χ3n) is 3.20. The number of hydrogen-bond acceptors (Lipinski definition) is 2. The van der Waals surface area contributed by atoms with Gasteiger partial charge in [-0.3, -0.25) is 9.48 Å². The van der Waals surface area contributed by atoms with Crippen LogP contribution in [0.1, 0.15) is 24.6 Å². The van der Waals surface area contributed by atoms with Gasteiger partial charge in [-0.2, -0.15) is 5.10 Å². The van der Waals surface area contributed by atoms with Crippen molar-refractivity contribution in [3.05, 3.63) is 22.1 Å². The average molecular weight is 213 g/mol.